The summed E-state index contributed by atoms with van der Waals surface area (Å²) < 4.78 is 2.07. The van der Waals surface area contributed by atoms with Gasteiger partial charge in [0.25, 0.3) is 0 Å². The van der Waals surface area contributed by atoms with Crippen LogP contribution in [-0.4, -0.2) is 14.8 Å². The Hall–Kier alpha value is -2.13. The van der Waals surface area contributed by atoms with Crippen LogP contribution in [0.25, 0.3) is 11.4 Å². The van der Waals surface area contributed by atoms with Gasteiger partial charge in [0, 0.05) is 11.6 Å². The number of rotatable bonds is 2. The lowest BCUT2D eigenvalue weighted by Crippen LogP contribution is -2.11. The normalized spacial score (nSPS) is 14.3. The van der Waals surface area contributed by atoms with Crippen LogP contribution in [0.2, 0.25) is 5.28 Å². The molecule has 0 unspecified atom stereocenters. The summed E-state index contributed by atoms with van der Waals surface area (Å²) in [7, 11) is 0. The zero-order valence-electron chi connectivity index (χ0n) is 11.4. The quantitative estimate of drug-likeness (QED) is 0.717. The SMILES string of the molecule is Clc1nnc(-c2ccccc2)n1C1Cc2ccccc2C1. The van der Waals surface area contributed by atoms with E-state index in [1.807, 2.05) is 30.3 Å². The summed E-state index contributed by atoms with van der Waals surface area (Å²) >= 11 is 6.31. The molecule has 2 aromatic carbocycles. The number of halogens is 1. The van der Waals surface area contributed by atoms with Crippen molar-refractivity contribution in [1.82, 2.24) is 14.8 Å². The van der Waals surface area contributed by atoms with Gasteiger partial charge in [-0.1, -0.05) is 54.6 Å². The molecule has 0 bridgehead atoms. The van der Waals surface area contributed by atoms with Crippen LogP contribution in [0.1, 0.15) is 17.2 Å². The van der Waals surface area contributed by atoms with Crippen LogP contribution >= 0.6 is 11.6 Å². The van der Waals surface area contributed by atoms with Gasteiger partial charge in [0.05, 0.1) is 0 Å². The van der Waals surface area contributed by atoms with Crippen LogP contribution < -0.4 is 0 Å². The van der Waals surface area contributed by atoms with Gasteiger partial charge in [0.15, 0.2) is 5.82 Å². The van der Waals surface area contributed by atoms with Gasteiger partial charge in [0.1, 0.15) is 0 Å². The first-order valence-electron chi connectivity index (χ1n) is 7.05. The highest BCUT2D eigenvalue weighted by atomic mass is 35.5. The van der Waals surface area contributed by atoms with Crippen molar-refractivity contribution in [2.75, 3.05) is 0 Å². The van der Waals surface area contributed by atoms with Gasteiger partial charge >= 0.3 is 0 Å². The van der Waals surface area contributed by atoms with Crippen molar-refractivity contribution in [1.29, 1.82) is 0 Å². The molecular formula is C17H14ClN3. The molecule has 1 heterocycles. The van der Waals surface area contributed by atoms with Gasteiger partial charge in [-0.3, -0.25) is 4.57 Å². The minimum absolute atomic E-state index is 0.292. The van der Waals surface area contributed by atoms with Crippen LogP contribution in [-0.2, 0) is 12.8 Å². The zero-order chi connectivity index (χ0) is 14.2. The Bertz CT molecular complexity index is 755. The van der Waals surface area contributed by atoms with Gasteiger partial charge in [-0.15, -0.1) is 10.2 Å². The molecule has 0 N–H and O–H groups in total. The summed E-state index contributed by atoms with van der Waals surface area (Å²) in [5, 5.41) is 8.82. The van der Waals surface area contributed by atoms with Crippen LogP contribution in [0.3, 0.4) is 0 Å². The molecule has 3 aromatic rings. The van der Waals surface area contributed by atoms with E-state index in [1.165, 1.54) is 11.1 Å². The Kier molecular flexibility index (Phi) is 3.00. The Morgan fingerprint density at radius 1 is 0.857 bits per heavy atom. The van der Waals surface area contributed by atoms with Crippen molar-refractivity contribution in [2.24, 2.45) is 0 Å². The summed E-state index contributed by atoms with van der Waals surface area (Å²) in [5.41, 5.74) is 3.84. The first kappa shape index (κ1) is 12.6. The van der Waals surface area contributed by atoms with E-state index in [1.54, 1.807) is 0 Å². The van der Waals surface area contributed by atoms with Gasteiger partial charge in [-0.25, -0.2) is 0 Å². The van der Waals surface area contributed by atoms with Crippen LogP contribution in [0.4, 0.5) is 0 Å². The van der Waals surface area contributed by atoms with E-state index in [-0.39, 0.29) is 0 Å². The summed E-state index contributed by atoms with van der Waals surface area (Å²) in [5.74, 6) is 0.846. The first-order valence-corrected chi connectivity index (χ1v) is 7.43. The maximum absolute atomic E-state index is 6.31. The average Bonchev–Trinajstić information content (AvgIpc) is 3.11. The molecule has 1 aromatic heterocycles. The second-order valence-electron chi connectivity index (χ2n) is 5.36. The second kappa shape index (κ2) is 5.01. The number of hydrogen-bond donors (Lipinski definition) is 0. The molecule has 0 aliphatic heterocycles. The van der Waals surface area contributed by atoms with E-state index < -0.39 is 0 Å². The minimum Gasteiger partial charge on any atom is -0.294 e. The minimum atomic E-state index is 0.292. The molecule has 0 amide bonds. The van der Waals surface area contributed by atoms with E-state index >= 15 is 0 Å². The zero-order valence-corrected chi connectivity index (χ0v) is 12.2. The van der Waals surface area contributed by atoms with Crippen molar-refractivity contribution in [2.45, 2.75) is 18.9 Å². The van der Waals surface area contributed by atoms with Gasteiger partial charge in [-0.2, -0.15) is 0 Å². The van der Waals surface area contributed by atoms with Crippen molar-refractivity contribution in [3.8, 4) is 11.4 Å². The number of benzene rings is 2. The first-order chi connectivity index (χ1) is 10.3. The fourth-order valence-electron chi connectivity index (χ4n) is 3.10. The van der Waals surface area contributed by atoms with Crippen molar-refractivity contribution in [3.63, 3.8) is 0 Å². The van der Waals surface area contributed by atoms with Gasteiger partial charge < -0.3 is 0 Å². The van der Waals surface area contributed by atoms with Crippen LogP contribution in [0.5, 0.6) is 0 Å². The molecule has 0 saturated heterocycles. The fourth-order valence-corrected chi connectivity index (χ4v) is 3.35. The number of aromatic nitrogens is 3. The third-order valence-corrected chi connectivity index (χ3v) is 4.34. The van der Waals surface area contributed by atoms with E-state index in [2.05, 4.69) is 39.0 Å². The fraction of sp³-hybridized carbons (Fsp3) is 0.176. The molecule has 1 aliphatic rings. The topological polar surface area (TPSA) is 30.7 Å². The second-order valence-corrected chi connectivity index (χ2v) is 5.70. The summed E-state index contributed by atoms with van der Waals surface area (Å²) in [6, 6.07) is 18.9. The molecule has 0 spiro atoms. The Labute approximate surface area is 128 Å². The highest BCUT2D eigenvalue weighted by Crippen LogP contribution is 2.34. The third kappa shape index (κ3) is 2.14. The summed E-state index contributed by atoms with van der Waals surface area (Å²) in [6.45, 7) is 0. The highest BCUT2D eigenvalue weighted by molar-refractivity contribution is 6.28. The summed E-state index contributed by atoms with van der Waals surface area (Å²) in [4.78, 5) is 0. The smallest absolute Gasteiger partial charge is 0.225 e. The lowest BCUT2D eigenvalue weighted by Gasteiger charge is -2.15. The maximum Gasteiger partial charge on any atom is 0.225 e. The average molecular weight is 296 g/mol. The third-order valence-electron chi connectivity index (χ3n) is 4.08. The Morgan fingerprint density at radius 3 is 2.14 bits per heavy atom. The molecule has 0 saturated carbocycles. The molecule has 4 heteroatoms. The molecule has 3 nitrogen and oxygen atoms in total. The molecule has 4 rings (SSSR count). The monoisotopic (exact) mass is 295 g/mol. The number of nitrogens with zero attached hydrogens (tertiary/aromatic N) is 3. The van der Waals surface area contributed by atoms with E-state index in [9.17, 15) is 0 Å². The van der Waals surface area contributed by atoms with E-state index in [0.29, 0.717) is 11.3 Å². The summed E-state index contributed by atoms with van der Waals surface area (Å²) in [6.07, 6.45) is 1.96. The molecule has 0 radical (unpaired) electrons. The number of hydrogen-bond acceptors (Lipinski definition) is 2. The van der Waals surface area contributed by atoms with E-state index in [4.69, 9.17) is 11.6 Å². The van der Waals surface area contributed by atoms with Gasteiger partial charge in [0.2, 0.25) is 5.28 Å². The van der Waals surface area contributed by atoms with Crippen LogP contribution in [0.15, 0.2) is 54.6 Å². The standard InChI is InChI=1S/C17H14ClN3/c18-17-20-19-16(12-6-2-1-3-7-12)21(17)15-10-13-8-4-5-9-14(13)11-15/h1-9,15H,10-11H2. The molecule has 104 valence electrons. The predicted octanol–water partition coefficient (Wildman–Crippen LogP) is 3.94. The lowest BCUT2D eigenvalue weighted by atomic mass is 10.1. The Morgan fingerprint density at radius 2 is 1.48 bits per heavy atom. The highest BCUT2D eigenvalue weighted by Gasteiger charge is 2.27. The van der Waals surface area contributed by atoms with Crippen LogP contribution in [0, 0.1) is 0 Å². The molecule has 1 aliphatic carbocycles. The van der Waals surface area contributed by atoms with Crippen molar-refractivity contribution >= 4 is 11.6 Å². The molecule has 0 fully saturated rings. The van der Waals surface area contributed by atoms with Crippen molar-refractivity contribution < 1.29 is 0 Å². The van der Waals surface area contributed by atoms with E-state index in [0.717, 1.165) is 24.2 Å². The van der Waals surface area contributed by atoms with Crippen molar-refractivity contribution in [3.05, 3.63) is 71.0 Å². The number of fused-ring (bicyclic) bond motifs is 1. The largest absolute Gasteiger partial charge is 0.294 e. The maximum atomic E-state index is 6.31. The molecule has 0 atom stereocenters. The Balaban J connectivity index is 1.76. The molecular weight excluding hydrogens is 282 g/mol. The molecule has 21 heavy (non-hydrogen) atoms. The van der Waals surface area contributed by atoms with Gasteiger partial charge in [-0.05, 0) is 35.6 Å². The predicted molar refractivity (Wildman–Crippen MR) is 83.4 cm³/mol. The lowest BCUT2D eigenvalue weighted by molar-refractivity contribution is 0.533.